The third-order valence-electron chi connectivity index (χ3n) is 4.14. The molecule has 0 amide bonds. The Hall–Kier alpha value is -2.50. The van der Waals surface area contributed by atoms with Gasteiger partial charge in [0.05, 0.1) is 12.6 Å². The SMILES string of the molecule is O=C(O)CCc1cccc([C@H]2CCCN(c3cnccn3)C2)n1. The van der Waals surface area contributed by atoms with E-state index in [0.29, 0.717) is 12.3 Å². The molecule has 23 heavy (non-hydrogen) atoms. The van der Waals surface area contributed by atoms with Gasteiger partial charge in [0.1, 0.15) is 5.82 Å². The molecule has 6 heteroatoms. The fourth-order valence-corrected chi connectivity index (χ4v) is 2.98. The number of aryl methyl sites for hydroxylation is 1. The lowest BCUT2D eigenvalue weighted by Crippen LogP contribution is -2.35. The monoisotopic (exact) mass is 312 g/mol. The third-order valence-corrected chi connectivity index (χ3v) is 4.14. The summed E-state index contributed by atoms with van der Waals surface area (Å²) in [5.41, 5.74) is 1.89. The molecule has 2 aromatic heterocycles. The molecule has 0 unspecified atom stereocenters. The molecule has 1 aliphatic heterocycles. The second-order valence-corrected chi connectivity index (χ2v) is 5.80. The minimum absolute atomic E-state index is 0.118. The Morgan fingerprint density at radius 1 is 1.35 bits per heavy atom. The standard InChI is InChI=1S/C17H20N4O2/c22-17(23)7-6-14-4-1-5-15(20-14)13-3-2-10-21(12-13)16-11-18-8-9-19-16/h1,4-5,8-9,11,13H,2-3,6-7,10,12H2,(H,22,23)/t13-/m0/s1. The van der Waals surface area contributed by atoms with Gasteiger partial charge < -0.3 is 10.0 Å². The zero-order chi connectivity index (χ0) is 16.1. The highest BCUT2D eigenvalue weighted by Gasteiger charge is 2.23. The van der Waals surface area contributed by atoms with Crippen LogP contribution in [0.2, 0.25) is 0 Å². The number of carbonyl (C=O) groups is 1. The number of hydrogen-bond donors (Lipinski definition) is 1. The highest BCUT2D eigenvalue weighted by molar-refractivity contribution is 5.66. The summed E-state index contributed by atoms with van der Waals surface area (Å²) in [4.78, 5) is 26.1. The molecule has 3 heterocycles. The van der Waals surface area contributed by atoms with Crippen molar-refractivity contribution in [2.45, 2.75) is 31.6 Å². The molecule has 0 aromatic carbocycles. The van der Waals surface area contributed by atoms with Gasteiger partial charge >= 0.3 is 5.97 Å². The van der Waals surface area contributed by atoms with E-state index in [4.69, 9.17) is 5.11 Å². The Kier molecular flexibility index (Phi) is 4.80. The van der Waals surface area contributed by atoms with E-state index in [2.05, 4.69) is 19.9 Å². The lowest BCUT2D eigenvalue weighted by atomic mass is 9.94. The van der Waals surface area contributed by atoms with Crippen LogP contribution in [0.4, 0.5) is 5.82 Å². The maximum Gasteiger partial charge on any atom is 0.303 e. The molecule has 0 spiro atoms. The summed E-state index contributed by atoms with van der Waals surface area (Å²) in [6.45, 7) is 1.85. The maximum atomic E-state index is 10.7. The van der Waals surface area contributed by atoms with E-state index >= 15 is 0 Å². The molecular weight excluding hydrogens is 292 g/mol. The van der Waals surface area contributed by atoms with Crippen LogP contribution in [0.5, 0.6) is 0 Å². The van der Waals surface area contributed by atoms with E-state index in [1.54, 1.807) is 18.6 Å². The first-order valence-corrected chi connectivity index (χ1v) is 7.91. The first-order valence-electron chi connectivity index (χ1n) is 7.91. The van der Waals surface area contributed by atoms with Crippen LogP contribution in [0.1, 0.15) is 36.6 Å². The smallest absolute Gasteiger partial charge is 0.303 e. The molecule has 0 radical (unpaired) electrons. The Morgan fingerprint density at radius 3 is 3.04 bits per heavy atom. The van der Waals surface area contributed by atoms with Crippen molar-refractivity contribution in [2.75, 3.05) is 18.0 Å². The van der Waals surface area contributed by atoms with Crippen LogP contribution in [0.3, 0.4) is 0 Å². The van der Waals surface area contributed by atoms with Gasteiger partial charge in [-0.05, 0) is 25.0 Å². The lowest BCUT2D eigenvalue weighted by Gasteiger charge is -2.33. The Bertz CT molecular complexity index is 663. The molecule has 0 saturated carbocycles. The summed E-state index contributed by atoms with van der Waals surface area (Å²) in [7, 11) is 0. The van der Waals surface area contributed by atoms with Crippen molar-refractivity contribution in [3.63, 3.8) is 0 Å². The molecule has 0 aliphatic carbocycles. The first-order chi connectivity index (χ1) is 11.2. The van der Waals surface area contributed by atoms with Crippen molar-refractivity contribution < 1.29 is 9.90 Å². The third kappa shape index (κ3) is 4.03. The molecule has 2 aromatic rings. The normalized spacial score (nSPS) is 17.9. The van der Waals surface area contributed by atoms with Crippen LogP contribution in [0.25, 0.3) is 0 Å². The second-order valence-electron chi connectivity index (χ2n) is 5.80. The second kappa shape index (κ2) is 7.17. The van der Waals surface area contributed by atoms with E-state index in [1.807, 2.05) is 18.2 Å². The number of rotatable bonds is 5. The molecule has 1 saturated heterocycles. The highest BCUT2D eigenvalue weighted by Crippen LogP contribution is 2.28. The molecule has 1 fully saturated rings. The van der Waals surface area contributed by atoms with Crippen LogP contribution >= 0.6 is 0 Å². The van der Waals surface area contributed by atoms with Crippen LogP contribution in [-0.2, 0) is 11.2 Å². The lowest BCUT2D eigenvalue weighted by molar-refractivity contribution is -0.136. The van der Waals surface area contributed by atoms with Crippen molar-refractivity contribution in [2.24, 2.45) is 0 Å². The molecule has 0 bridgehead atoms. The Morgan fingerprint density at radius 2 is 2.26 bits per heavy atom. The van der Waals surface area contributed by atoms with Crippen LogP contribution in [0.15, 0.2) is 36.8 Å². The Balaban J connectivity index is 1.71. The summed E-state index contributed by atoms with van der Waals surface area (Å²) in [6.07, 6.45) is 7.95. The van der Waals surface area contributed by atoms with Gasteiger partial charge in [0.2, 0.25) is 0 Å². The number of anilines is 1. The van der Waals surface area contributed by atoms with Crippen molar-refractivity contribution >= 4 is 11.8 Å². The summed E-state index contributed by atoms with van der Waals surface area (Å²) in [6, 6.07) is 5.91. The fraction of sp³-hybridized carbons (Fsp3) is 0.412. The largest absolute Gasteiger partial charge is 0.481 e. The Labute approximate surface area is 135 Å². The topological polar surface area (TPSA) is 79.2 Å². The number of piperidine rings is 1. The van der Waals surface area contributed by atoms with Gasteiger partial charge in [-0.3, -0.25) is 14.8 Å². The van der Waals surface area contributed by atoms with Gasteiger partial charge in [-0.15, -0.1) is 0 Å². The predicted octanol–water partition coefficient (Wildman–Crippen LogP) is 2.27. The minimum Gasteiger partial charge on any atom is -0.481 e. The van der Waals surface area contributed by atoms with E-state index in [-0.39, 0.29) is 6.42 Å². The highest BCUT2D eigenvalue weighted by atomic mass is 16.4. The molecule has 1 aliphatic rings. The first kappa shape index (κ1) is 15.4. The van der Waals surface area contributed by atoms with E-state index in [9.17, 15) is 4.79 Å². The van der Waals surface area contributed by atoms with Gasteiger partial charge in [-0.25, -0.2) is 4.98 Å². The van der Waals surface area contributed by atoms with E-state index in [1.165, 1.54) is 0 Å². The molecule has 1 atom stereocenters. The molecule has 1 N–H and O–H groups in total. The number of aliphatic carboxylic acids is 1. The van der Waals surface area contributed by atoms with Crippen molar-refractivity contribution in [1.29, 1.82) is 0 Å². The number of hydrogen-bond acceptors (Lipinski definition) is 5. The summed E-state index contributed by atoms with van der Waals surface area (Å²) < 4.78 is 0. The quantitative estimate of drug-likeness (QED) is 0.912. The zero-order valence-corrected chi connectivity index (χ0v) is 12.9. The summed E-state index contributed by atoms with van der Waals surface area (Å²) >= 11 is 0. The number of aromatic nitrogens is 3. The number of pyridine rings is 1. The van der Waals surface area contributed by atoms with Gasteiger partial charge in [-0.2, -0.15) is 0 Å². The van der Waals surface area contributed by atoms with Crippen molar-refractivity contribution in [1.82, 2.24) is 15.0 Å². The van der Waals surface area contributed by atoms with E-state index < -0.39 is 5.97 Å². The fourth-order valence-electron chi connectivity index (χ4n) is 2.98. The van der Waals surface area contributed by atoms with Crippen molar-refractivity contribution in [3.8, 4) is 0 Å². The van der Waals surface area contributed by atoms with Gasteiger partial charge in [0, 0.05) is 49.2 Å². The van der Waals surface area contributed by atoms with Gasteiger partial charge in [-0.1, -0.05) is 6.07 Å². The molecule has 3 rings (SSSR count). The predicted molar refractivity (Wildman–Crippen MR) is 86.4 cm³/mol. The van der Waals surface area contributed by atoms with Gasteiger partial charge in [0.15, 0.2) is 0 Å². The van der Waals surface area contributed by atoms with Crippen LogP contribution in [0, 0.1) is 0 Å². The molecule has 120 valence electrons. The molecular formula is C17H20N4O2. The summed E-state index contributed by atoms with van der Waals surface area (Å²) in [5.74, 6) is 0.457. The average Bonchev–Trinajstić information content (AvgIpc) is 2.61. The van der Waals surface area contributed by atoms with Crippen LogP contribution < -0.4 is 4.90 Å². The average molecular weight is 312 g/mol. The van der Waals surface area contributed by atoms with Crippen LogP contribution in [-0.4, -0.2) is 39.1 Å². The molecule has 6 nitrogen and oxygen atoms in total. The zero-order valence-electron chi connectivity index (χ0n) is 12.9. The number of nitrogens with zero attached hydrogens (tertiary/aromatic N) is 4. The van der Waals surface area contributed by atoms with Gasteiger partial charge in [0.25, 0.3) is 0 Å². The van der Waals surface area contributed by atoms with Crippen molar-refractivity contribution in [3.05, 3.63) is 48.2 Å². The number of carboxylic acid groups (broad SMARTS) is 1. The maximum absolute atomic E-state index is 10.7. The minimum atomic E-state index is -0.788. The summed E-state index contributed by atoms with van der Waals surface area (Å²) in [5, 5.41) is 8.81. The number of carboxylic acids is 1. The van der Waals surface area contributed by atoms with E-state index in [0.717, 1.165) is 43.1 Å².